The molecule has 0 amide bonds. The lowest BCUT2D eigenvalue weighted by atomic mass is 9.62. The topological polar surface area (TPSA) is 74.6 Å². The number of carboxylic acid groups (broad SMARTS) is 2. The van der Waals surface area contributed by atoms with Crippen molar-refractivity contribution in [2.75, 3.05) is 0 Å². The molecule has 17 heavy (non-hydrogen) atoms. The molecule has 4 nitrogen and oxygen atoms in total. The first kappa shape index (κ1) is 13.5. The lowest BCUT2D eigenvalue weighted by Crippen LogP contribution is -2.42. The Labute approximate surface area is 101 Å². The van der Waals surface area contributed by atoms with Crippen molar-refractivity contribution < 1.29 is 19.8 Å². The second kappa shape index (κ2) is 4.73. The third kappa shape index (κ3) is 1.88. The SMILES string of the molecule is CCC1C(C(=O)O)=CC=C(C)C1(CC)C(=O)O. The molecule has 2 N–H and O–H groups in total. The Hall–Kier alpha value is -1.58. The Kier molecular flexibility index (Phi) is 3.76. The maximum Gasteiger partial charge on any atom is 0.331 e. The first-order chi connectivity index (χ1) is 7.91. The molecule has 0 heterocycles. The minimum absolute atomic E-state index is 0.197. The van der Waals surface area contributed by atoms with Crippen LogP contribution in [0.25, 0.3) is 0 Å². The van der Waals surface area contributed by atoms with Crippen molar-refractivity contribution in [2.45, 2.75) is 33.6 Å². The quantitative estimate of drug-likeness (QED) is 0.789. The van der Waals surface area contributed by atoms with Gasteiger partial charge in [-0.1, -0.05) is 31.6 Å². The van der Waals surface area contributed by atoms with E-state index in [-0.39, 0.29) is 5.57 Å². The first-order valence-corrected chi connectivity index (χ1v) is 5.77. The fourth-order valence-electron chi connectivity index (χ4n) is 2.80. The zero-order chi connectivity index (χ0) is 13.2. The molecule has 0 saturated carbocycles. The third-order valence-corrected chi connectivity index (χ3v) is 3.78. The van der Waals surface area contributed by atoms with Gasteiger partial charge in [0.15, 0.2) is 0 Å². The van der Waals surface area contributed by atoms with Gasteiger partial charge in [-0.25, -0.2) is 4.79 Å². The Morgan fingerprint density at radius 1 is 1.29 bits per heavy atom. The van der Waals surface area contributed by atoms with Gasteiger partial charge >= 0.3 is 11.9 Å². The Morgan fingerprint density at radius 3 is 2.24 bits per heavy atom. The molecule has 1 aliphatic carbocycles. The number of carboxylic acids is 2. The summed E-state index contributed by atoms with van der Waals surface area (Å²) in [6.07, 6.45) is 4.05. The summed E-state index contributed by atoms with van der Waals surface area (Å²) in [5.41, 5.74) is -0.149. The molecule has 2 unspecified atom stereocenters. The van der Waals surface area contributed by atoms with Gasteiger partial charge in [0.05, 0.1) is 5.41 Å². The molecule has 0 spiro atoms. The van der Waals surface area contributed by atoms with Gasteiger partial charge in [0.2, 0.25) is 0 Å². The fraction of sp³-hybridized carbons (Fsp3) is 0.538. The van der Waals surface area contributed by atoms with E-state index in [1.165, 1.54) is 6.08 Å². The standard InChI is InChI=1S/C13H18O4/c1-4-10-9(11(14)15)7-6-8(3)13(10,5-2)12(16)17/h6-7,10H,4-5H2,1-3H3,(H,14,15)(H,16,17). The van der Waals surface area contributed by atoms with Gasteiger partial charge in [0, 0.05) is 11.5 Å². The molecule has 2 atom stereocenters. The molecule has 0 aromatic rings. The normalized spacial score (nSPS) is 28.3. The lowest BCUT2D eigenvalue weighted by molar-refractivity contribution is -0.150. The van der Waals surface area contributed by atoms with Crippen LogP contribution < -0.4 is 0 Å². The Balaban J connectivity index is 3.40. The average Bonchev–Trinajstić information content (AvgIpc) is 2.27. The summed E-state index contributed by atoms with van der Waals surface area (Å²) in [5.74, 6) is -2.43. The van der Waals surface area contributed by atoms with E-state index < -0.39 is 23.3 Å². The highest BCUT2D eigenvalue weighted by molar-refractivity contribution is 5.91. The maximum absolute atomic E-state index is 11.6. The van der Waals surface area contributed by atoms with Gasteiger partial charge in [-0.05, 0) is 19.8 Å². The summed E-state index contributed by atoms with van der Waals surface area (Å²) in [7, 11) is 0. The second-order valence-electron chi connectivity index (χ2n) is 4.37. The van der Waals surface area contributed by atoms with E-state index in [2.05, 4.69) is 0 Å². The Morgan fingerprint density at radius 2 is 1.88 bits per heavy atom. The fourth-order valence-corrected chi connectivity index (χ4v) is 2.80. The van der Waals surface area contributed by atoms with Gasteiger partial charge in [-0.15, -0.1) is 0 Å². The zero-order valence-electron chi connectivity index (χ0n) is 10.4. The highest BCUT2D eigenvalue weighted by Crippen LogP contribution is 2.47. The van der Waals surface area contributed by atoms with Gasteiger partial charge in [-0.3, -0.25) is 4.79 Å². The molecule has 0 fully saturated rings. The second-order valence-corrected chi connectivity index (χ2v) is 4.37. The van der Waals surface area contributed by atoms with Crippen LogP contribution in [0.1, 0.15) is 33.6 Å². The third-order valence-electron chi connectivity index (χ3n) is 3.78. The summed E-state index contributed by atoms with van der Waals surface area (Å²) in [4.78, 5) is 22.8. The van der Waals surface area contributed by atoms with Crippen LogP contribution in [-0.2, 0) is 9.59 Å². The summed E-state index contributed by atoms with van der Waals surface area (Å²) in [6.45, 7) is 5.38. The van der Waals surface area contributed by atoms with Crippen molar-refractivity contribution in [1.29, 1.82) is 0 Å². The van der Waals surface area contributed by atoms with Crippen molar-refractivity contribution >= 4 is 11.9 Å². The van der Waals surface area contributed by atoms with E-state index in [9.17, 15) is 14.7 Å². The van der Waals surface area contributed by atoms with Crippen LogP contribution in [0, 0.1) is 11.3 Å². The first-order valence-electron chi connectivity index (χ1n) is 5.77. The van der Waals surface area contributed by atoms with Crippen LogP contribution in [0.4, 0.5) is 0 Å². The minimum Gasteiger partial charge on any atom is -0.481 e. The van der Waals surface area contributed by atoms with Crippen molar-refractivity contribution in [3.8, 4) is 0 Å². The molecule has 0 bridgehead atoms. The molecular weight excluding hydrogens is 220 g/mol. The molecule has 94 valence electrons. The molecule has 1 aliphatic rings. The van der Waals surface area contributed by atoms with Gasteiger partial charge in [0.1, 0.15) is 0 Å². The van der Waals surface area contributed by atoms with Crippen molar-refractivity contribution in [1.82, 2.24) is 0 Å². The molecule has 0 aromatic heterocycles. The van der Waals surface area contributed by atoms with Gasteiger partial charge in [0.25, 0.3) is 0 Å². The molecule has 1 rings (SSSR count). The minimum atomic E-state index is -1.07. The monoisotopic (exact) mass is 238 g/mol. The van der Waals surface area contributed by atoms with Gasteiger partial charge in [-0.2, -0.15) is 0 Å². The molecular formula is C13H18O4. The van der Waals surface area contributed by atoms with Crippen LogP contribution in [0.3, 0.4) is 0 Å². The Bertz CT molecular complexity index is 406. The van der Waals surface area contributed by atoms with Crippen LogP contribution >= 0.6 is 0 Å². The van der Waals surface area contributed by atoms with Crippen LogP contribution in [0.2, 0.25) is 0 Å². The predicted octanol–water partition coefficient (Wildman–Crippen LogP) is 2.46. The van der Waals surface area contributed by atoms with E-state index in [0.29, 0.717) is 12.8 Å². The molecule has 0 aromatic carbocycles. The zero-order valence-corrected chi connectivity index (χ0v) is 10.4. The predicted molar refractivity (Wildman–Crippen MR) is 63.6 cm³/mol. The largest absolute Gasteiger partial charge is 0.481 e. The molecule has 0 saturated heterocycles. The maximum atomic E-state index is 11.6. The molecule has 4 heteroatoms. The number of aliphatic carboxylic acids is 2. The molecule has 0 radical (unpaired) electrons. The highest BCUT2D eigenvalue weighted by atomic mass is 16.4. The van der Waals surface area contributed by atoms with Crippen LogP contribution in [0.5, 0.6) is 0 Å². The van der Waals surface area contributed by atoms with E-state index in [1.807, 2.05) is 6.92 Å². The van der Waals surface area contributed by atoms with Crippen molar-refractivity contribution in [2.24, 2.45) is 11.3 Å². The number of hydrogen-bond acceptors (Lipinski definition) is 2. The van der Waals surface area contributed by atoms with Crippen LogP contribution in [0.15, 0.2) is 23.3 Å². The van der Waals surface area contributed by atoms with E-state index >= 15 is 0 Å². The van der Waals surface area contributed by atoms with Crippen molar-refractivity contribution in [3.05, 3.63) is 23.3 Å². The van der Waals surface area contributed by atoms with Gasteiger partial charge < -0.3 is 10.2 Å². The summed E-state index contributed by atoms with van der Waals surface area (Å²) in [6, 6.07) is 0. The highest BCUT2D eigenvalue weighted by Gasteiger charge is 2.49. The number of rotatable bonds is 4. The lowest BCUT2D eigenvalue weighted by Gasteiger charge is -2.39. The smallest absolute Gasteiger partial charge is 0.331 e. The van der Waals surface area contributed by atoms with Crippen molar-refractivity contribution in [3.63, 3.8) is 0 Å². The number of hydrogen-bond donors (Lipinski definition) is 2. The number of carbonyl (C=O) groups is 2. The van der Waals surface area contributed by atoms with Crippen LogP contribution in [-0.4, -0.2) is 22.2 Å². The average molecular weight is 238 g/mol. The molecule has 0 aliphatic heterocycles. The van der Waals surface area contributed by atoms with E-state index in [4.69, 9.17) is 5.11 Å². The van der Waals surface area contributed by atoms with E-state index in [0.717, 1.165) is 5.57 Å². The number of allylic oxidation sites excluding steroid dienone is 2. The van der Waals surface area contributed by atoms with E-state index in [1.54, 1.807) is 19.9 Å². The summed E-state index contributed by atoms with van der Waals surface area (Å²) >= 11 is 0. The summed E-state index contributed by atoms with van der Waals surface area (Å²) < 4.78 is 0. The summed E-state index contributed by atoms with van der Waals surface area (Å²) in [5, 5.41) is 18.6.